The van der Waals surface area contributed by atoms with Crippen LogP contribution in [0.1, 0.15) is 59.8 Å². The van der Waals surface area contributed by atoms with E-state index in [4.69, 9.17) is 11.8 Å². The van der Waals surface area contributed by atoms with Gasteiger partial charge in [-0.25, -0.2) is 4.84 Å². The van der Waals surface area contributed by atoms with Gasteiger partial charge in [0.15, 0.2) is 0 Å². The van der Waals surface area contributed by atoms with Gasteiger partial charge < -0.3 is 4.90 Å². The van der Waals surface area contributed by atoms with Gasteiger partial charge in [-0.2, -0.15) is 0 Å². The summed E-state index contributed by atoms with van der Waals surface area (Å²) >= 11 is 5.72. The first-order chi connectivity index (χ1) is 7.55. The van der Waals surface area contributed by atoms with Crippen molar-refractivity contribution in [2.24, 2.45) is 0 Å². The molecule has 0 rings (SSSR count). The van der Waals surface area contributed by atoms with Crippen molar-refractivity contribution in [2.75, 3.05) is 19.6 Å². The SMILES string of the molecule is CCCCN(CCCC)CCC(C)(C)NCl. The van der Waals surface area contributed by atoms with Crippen LogP contribution in [0, 0.1) is 0 Å². The highest BCUT2D eigenvalue weighted by atomic mass is 35.5. The van der Waals surface area contributed by atoms with Crippen molar-refractivity contribution in [2.45, 2.75) is 65.3 Å². The van der Waals surface area contributed by atoms with Gasteiger partial charge in [0.2, 0.25) is 0 Å². The Labute approximate surface area is 107 Å². The van der Waals surface area contributed by atoms with Gasteiger partial charge in [-0.15, -0.1) is 0 Å². The van der Waals surface area contributed by atoms with E-state index in [0.717, 1.165) is 13.0 Å². The smallest absolute Gasteiger partial charge is 0.0287 e. The number of nitrogens with one attached hydrogen (secondary N) is 1. The van der Waals surface area contributed by atoms with Crippen LogP contribution < -0.4 is 4.84 Å². The Balaban J connectivity index is 3.89. The van der Waals surface area contributed by atoms with E-state index in [-0.39, 0.29) is 5.54 Å². The Morgan fingerprint density at radius 3 is 1.88 bits per heavy atom. The molecule has 0 heterocycles. The third kappa shape index (κ3) is 8.37. The third-order valence-corrected chi connectivity index (χ3v) is 3.48. The molecule has 0 fully saturated rings. The minimum absolute atomic E-state index is 0.0399. The van der Waals surface area contributed by atoms with Crippen molar-refractivity contribution in [1.82, 2.24) is 9.74 Å². The quantitative estimate of drug-likeness (QED) is 0.592. The molecule has 0 aromatic rings. The van der Waals surface area contributed by atoms with Crippen LogP contribution in [0.5, 0.6) is 0 Å². The number of rotatable bonds is 10. The van der Waals surface area contributed by atoms with Gasteiger partial charge >= 0.3 is 0 Å². The summed E-state index contributed by atoms with van der Waals surface area (Å²) < 4.78 is 0. The lowest BCUT2D eigenvalue weighted by Gasteiger charge is -2.28. The van der Waals surface area contributed by atoms with E-state index in [2.05, 4.69) is 37.4 Å². The molecule has 98 valence electrons. The highest BCUT2D eigenvalue weighted by Crippen LogP contribution is 2.11. The zero-order valence-corrected chi connectivity index (χ0v) is 12.2. The molecule has 0 spiro atoms. The molecule has 0 saturated heterocycles. The maximum Gasteiger partial charge on any atom is 0.0287 e. The standard InChI is InChI=1S/C13H29ClN2/c1-5-7-10-16(11-8-6-2)12-9-13(3,4)15-14/h15H,5-12H2,1-4H3. The number of halogens is 1. The minimum Gasteiger partial charge on any atom is -0.303 e. The molecule has 0 unspecified atom stereocenters. The number of hydrogen-bond acceptors (Lipinski definition) is 2. The summed E-state index contributed by atoms with van der Waals surface area (Å²) in [6.45, 7) is 12.4. The molecule has 0 atom stereocenters. The van der Waals surface area contributed by atoms with Crippen molar-refractivity contribution in [1.29, 1.82) is 0 Å². The topological polar surface area (TPSA) is 15.3 Å². The van der Waals surface area contributed by atoms with Gasteiger partial charge in [-0.3, -0.25) is 0 Å². The molecular weight excluding hydrogens is 220 g/mol. The Morgan fingerprint density at radius 1 is 1.00 bits per heavy atom. The van der Waals surface area contributed by atoms with Crippen LogP contribution >= 0.6 is 11.8 Å². The van der Waals surface area contributed by atoms with E-state index in [1.165, 1.54) is 38.8 Å². The van der Waals surface area contributed by atoms with E-state index in [0.29, 0.717) is 0 Å². The zero-order valence-electron chi connectivity index (χ0n) is 11.5. The Bertz CT molecular complexity index is 152. The second kappa shape index (κ2) is 9.26. The average molecular weight is 249 g/mol. The van der Waals surface area contributed by atoms with Crippen LogP contribution in [-0.2, 0) is 0 Å². The number of hydrogen-bond donors (Lipinski definition) is 1. The van der Waals surface area contributed by atoms with Crippen LogP contribution in [-0.4, -0.2) is 30.1 Å². The summed E-state index contributed by atoms with van der Waals surface area (Å²) in [6.07, 6.45) is 6.26. The molecule has 0 aromatic carbocycles. The molecule has 0 aliphatic rings. The van der Waals surface area contributed by atoms with Crippen LogP contribution in [0.15, 0.2) is 0 Å². The van der Waals surface area contributed by atoms with Gasteiger partial charge in [0.25, 0.3) is 0 Å². The summed E-state index contributed by atoms with van der Waals surface area (Å²) in [5.41, 5.74) is 0.0399. The zero-order chi connectivity index (χ0) is 12.4. The van der Waals surface area contributed by atoms with Crippen molar-refractivity contribution in [3.8, 4) is 0 Å². The molecule has 0 bridgehead atoms. The summed E-state index contributed by atoms with van der Waals surface area (Å²) in [4.78, 5) is 5.43. The van der Waals surface area contributed by atoms with Crippen LogP contribution in [0.2, 0.25) is 0 Å². The molecule has 0 amide bonds. The fraction of sp³-hybridized carbons (Fsp3) is 1.00. The van der Waals surface area contributed by atoms with Gasteiger partial charge in [-0.1, -0.05) is 26.7 Å². The maximum atomic E-state index is 5.72. The molecule has 0 aromatic heterocycles. The average Bonchev–Trinajstić information content (AvgIpc) is 2.28. The normalized spacial score (nSPS) is 12.4. The number of nitrogens with zero attached hydrogens (tertiary/aromatic N) is 1. The fourth-order valence-corrected chi connectivity index (χ4v) is 1.68. The van der Waals surface area contributed by atoms with E-state index in [1.807, 2.05) is 0 Å². The largest absolute Gasteiger partial charge is 0.303 e. The summed E-state index contributed by atoms with van der Waals surface area (Å²) in [6, 6.07) is 0. The molecule has 1 N–H and O–H groups in total. The van der Waals surface area contributed by atoms with Gasteiger partial charge in [0.1, 0.15) is 0 Å². The third-order valence-electron chi connectivity index (χ3n) is 2.96. The molecular formula is C13H29ClN2. The first-order valence-corrected chi connectivity index (χ1v) is 7.03. The van der Waals surface area contributed by atoms with Crippen LogP contribution in [0.3, 0.4) is 0 Å². The van der Waals surface area contributed by atoms with Gasteiger partial charge in [0, 0.05) is 5.54 Å². The molecule has 3 heteroatoms. The lowest BCUT2D eigenvalue weighted by Crippen LogP contribution is -2.38. The lowest BCUT2D eigenvalue weighted by atomic mass is 10.0. The van der Waals surface area contributed by atoms with E-state index in [9.17, 15) is 0 Å². The molecule has 16 heavy (non-hydrogen) atoms. The van der Waals surface area contributed by atoms with Crippen LogP contribution in [0.4, 0.5) is 0 Å². The highest BCUT2D eigenvalue weighted by molar-refractivity contribution is 6.13. The first kappa shape index (κ1) is 16.2. The van der Waals surface area contributed by atoms with Crippen molar-refractivity contribution >= 4 is 11.8 Å². The summed E-state index contributed by atoms with van der Waals surface area (Å²) in [7, 11) is 0. The lowest BCUT2D eigenvalue weighted by molar-refractivity contribution is 0.237. The van der Waals surface area contributed by atoms with Gasteiger partial charge in [-0.05, 0) is 64.5 Å². The summed E-state index contributed by atoms with van der Waals surface area (Å²) in [5, 5.41) is 0. The predicted octanol–water partition coefficient (Wildman–Crippen LogP) is 3.80. The molecule has 0 saturated carbocycles. The Morgan fingerprint density at radius 2 is 1.50 bits per heavy atom. The Kier molecular flexibility index (Phi) is 9.38. The Hall–Kier alpha value is 0.210. The molecule has 2 nitrogen and oxygen atoms in total. The van der Waals surface area contributed by atoms with E-state index < -0.39 is 0 Å². The van der Waals surface area contributed by atoms with Gasteiger partial charge in [0.05, 0.1) is 0 Å². The van der Waals surface area contributed by atoms with Crippen LogP contribution in [0.25, 0.3) is 0 Å². The highest BCUT2D eigenvalue weighted by Gasteiger charge is 2.17. The molecule has 0 radical (unpaired) electrons. The predicted molar refractivity (Wildman–Crippen MR) is 73.9 cm³/mol. The molecule has 0 aliphatic carbocycles. The second-order valence-electron chi connectivity index (χ2n) is 5.28. The van der Waals surface area contributed by atoms with Crippen molar-refractivity contribution in [3.05, 3.63) is 0 Å². The monoisotopic (exact) mass is 248 g/mol. The van der Waals surface area contributed by atoms with Crippen molar-refractivity contribution < 1.29 is 0 Å². The maximum absolute atomic E-state index is 5.72. The molecule has 0 aliphatic heterocycles. The second-order valence-corrected chi connectivity index (χ2v) is 5.47. The van der Waals surface area contributed by atoms with Crippen molar-refractivity contribution in [3.63, 3.8) is 0 Å². The first-order valence-electron chi connectivity index (χ1n) is 6.66. The minimum atomic E-state index is 0.0399. The summed E-state index contributed by atoms with van der Waals surface area (Å²) in [5.74, 6) is 0. The van der Waals surface area contributed by atoms with E-state index in [1.54, 1.807) is 0 Å². The fourth-order valence-electron chi connectivity index (χ4n) is 1.58. The number of unbranched alkanes of at least 4 members (excludes halogenated alkanes) is 2. The van der Waals surface area contributed by atoms with E-state index >= 15 is 0 Å².